The third kappa shape index (κ3) is 2.61. The summed E-state index contributed by atoms with van der Waals surface area (Å²) >= 11 is 3.45. The molecule has 1 heterocycles. The lowest BCUT2D eigenvalue weighted by molar-refractivity contribution is -0.107. The molecule has 0 saturated heterocycles. The van der Waals surface area contributed by atoms with Crippen molar-refractivity contribution in [3.8, 4) is 17.2 Å². The average molecular weight is 315 g/mol. The number of halogens is 1. The second-order valence-corrected chi connectivity index (χ2v) is 4.81. The van der Waals surface area contributed by atoms with Crippen LogP contribution in [0.2, 0.25) is 0 Å². The molecule has 1 aliphatic rings. The van der Waals surface area contributed by atoms with Gasteiger partial charge in [0.2, 0.25) is 0 Å². The first-order valence-corrected chi connectivity index (χ1v) is 6.65. The summed E-state index contributed by atoms with van der Waals surface area (Å²) in [6, 6.07) is 1.85. The molecule has 0 saturated carbocycles. The first-order chi connectivity index (χ1) is 8.77. The van der Waals surface area contributed by atoms with Crippen molar-refractivity contribution in [2.45, 2.75) is 19.3 Å². The average Bonchev–Trinajstić information content (AvgIpc) is 2.60. The first kappa shape index (κ1) is 13.2. The van der Waals surface area contributed by atoms with Gasteiger partial charge >= 0.3 is 0 Å². The Morgan fingerprint density at radius 2 is 2.22 bits per heavy atom. The number of aldehydes is 1. The lowest BCUT2D eigenvalue weighted by Crippen LogP contribution is -2.01. The summed E-state index contributed by atoms with van der Waals surface area (Å²) in [4.78, 5) is 10.6. The van der Waals surface area contributed by atoms with E-state index < -0.39 is 0 Å². The Labute approximate surface area is 114 Å². The zero-order valence-electron chi connectivity index (χ0n) is 10.2. The summed E-state index contributed by atoms with van der Waals surface area (Å²) in [6.45, 7) is 1.25. The Hall–Kier alpha value is -1.23. The van der Waals surface area contributed by atoms with Gasteiger partial charge in [0.05, 0.1) is 24.8 Å². The summed E-state index contributed by atoms with van der Waals surface area (Å²) < 4.78 is 17.6. The van der Waals surface area contributed by atoms with Gasteiger partial charge in [0.15, 0.2) is 11.5 Å². The fourth-order valence-corrected chi connectivity index (χ4v) is 2.58. The third-order valence-electron chi connectivity index (χ3n) is 2.76. The summed E-state index contributed by atoms with van der Waals surface area (Å²) in [5.41, 5.74) is 0.885. The van der Waals surface area contributed by atoms with Crippen molar-refractivity contribution in [1.82, 2.24) is 0 Å². The van der Waals surface area contributed by atoms with Gasteiger partial charge in [-0.15, -0.1) is 0 Å². The van der Waals surface area contributed by atoms with Crippen molar-refractivity contribution in [1.29, 1.82) is 0 Å². The topological polar surface area (TPSA) is 44.8 Å². The first-order valence-electron chi connectivity index (χ1n) is 5.86. The van der Waals surface area contributed by atoms with Gasteiger partial charge in [0.25, 0.3) is 0 Å². The molecule has 0 aromatic heterocycles. The minimum atomic E-state index is 0.433. The summed E-state index contributed by atoms with van der Waals surface area (Å²) in [5, 5.41) is 0. The lowest BCUT2D eigenvalue weighted by atomic mass is 10.1. The van der Waals surface area contributed by atoms with Crippen LogP contribution in [0, 0.1) is 0 Å². The van der Waals surface area contributed by atoms with Gasteiger partial charge in [-0.2, -0.15) is 0 Å². The van der Waals surface area contributed by atoms with Crippen LogP contribution in [-0.2, 0) is 11.2 Å². The van der Waals surface area contributed by atoms with E-state index in [2.05, 4.69) is 15.9 Å². The molecule has 0 N–H and O–H groups in total. The van der Waals surface area contributed by atoms with Crippen molar-refractivity contribution in [2.75, 3.05) is 20.3 Å². The fourth-order valence-electron chi connectivity index (χ4n) is 1.97. The monoisotopic (exact) mass is 314 g/mol. The molecule has 5 heteroatoms. The molecule has 18 heavy (non-hydrogen) atoms. The van der Waals surface area contributed by atoms with Gasteiger partial charge in [-0.1, -0.05) is 0 Å². The Morgan fingerprint density at radius 3 is 2.94 bits per heavy atom. The van der Waals surface area contributed by atoms with E-state index in [1.54, 1.807) is 7.11 Å². The maximum absolute atomic E-state index is 10.6. The maximum atomic E-state index is 10.6. The van der Waals surface area contributed by atoms with Crippen LogP contribution < -0.4 is 14.2 Å². The van der Waals surface area contributed by atoms with E-state index in [1.807, 2.05) is 6.07 Å². The quantitative estimate of drug-likeness (QED) is 0.802. The Morgan fingerprint density at radius 1 is 1.44 bits per heavy atom. The van der Waals surface area contributed by atoms with E-state index in [0.29, 0.717) is 43.3 Å². The van der Waals surface area contributed by atoms with Gasteiger partial charge < -0.3 is 19.0 Å². The minimum Gasteiger partial charge on any atom is -0.495 e. The molecular weight excluding hydrogens is 300 g/mol. The molecule has 2 rings (SSSR count). The van der Waals surface area contributed by atoms with Crippen molar-refractivity contribution in [3.63, 3.8) is 0 Å². The van der Waals surface area contributed by atoms with Gasteiger partial charge in [-0.3, -0.25) is 0 Å². The van der Waals surface area contributed by atoms with E-state index in [4.69, 9.17) is 14.2 Å². The van der Waals surface area contributed by atoms with Crippen molar-refractivity contribution < 1.29 is 19.0 Å². The van der Waals surface area contributed by atoms with Crippen LogP contribution in [0.25, 0.3) is 0 Å². The number of benzene rings is 1. The van der Waals surface area contributed by atoms with E-state index in [1.165, 1.54) is 0 Å². The molecule has 0 spiro atoms. The van der Waals surface area contributed by atoms with Gasteiger partial charge in [-0.05, 0) is 22.4 Å². The molecule has 98 valence electrons. The number of carbonyl (C=O) groups excluding carboxylic acids is 1. The van der Waals surface area contributed by atoms with Gasteiger partial charge in [0.1, 0.15) is 12.0 Å². The van der Waals surface area contributed by atoms with Crippen molar-refractivity contribution >= 4 is 22.2 Å². The van der Waals surface area contributed by atoms with E-state index in [-0.39, 0.29) is 0 Å². The molecule has 1 aromatic carbocycles. The molecule has 0 atom stereocenters. The Kier molecular flexibility index (Phi) is 4.47. The highest BCUT2D eigenvalue weighted by Crippen LogP contribution is 2.44. The summed E-state index contributed by atoms with van der Waals surface area (Å²) in [7, 11) is 1.61. The van der Waals surface area contributed by atoms with Crippen LogP contribution in [0.15, 0.2) is 10.5 Å². The highest BCUT2D eigenvalue weighted by molar-refractivity contribution is 9.10. The van der Waals surface area contributed by atoms with E-state index >= 15 is 0 Å². The molecule has 4 nitrogen and oxygen atoms in total. The van der Waals surface area contributed by atoms with E-state index in [0.717, 1.165) is 22.7 Å². The van der Waals surface area contributed by atoms with Gasteiger partial charge in [-0.25, -0.2) is 0 Å². The fraction of sp³-hybridized carbons (Fsp3) is 0.462. The number of hydrogen-bond donors (Lipinski definition) is 0. The molecule has 1 aromatic rings. The largest absolute Gasteiger partial charge is 0.495 e. The van der Waals surface area contributed by atoms with E-state index in [9.17, 15) is 4.79 Å². The summed E-state index contributed by atoms with van der Waals surface area (Å²) in [5.74, 6) is 2.12. The molecule has 0 bridgehead atoms. The maximum Gasteiger partial charge on any atom is 0.168 e. The van der Waals surface area contributed by atoms with Gasteiger partial charge in [0, 0.05) is 24.5 Å². The van der Waals surface area contributed by atoms with Crippen LogP contribution in [0.5, 0.6) is 17.2 Å². The predicted octanol–water partition coefficient (Wildman–Crippen LogP) is 2.75. The number of rotatable bonds is 4. The lowest BCUT2D eigenvalue weighted by Gasteiger charge is -2.17. The smallest absolute Gasteiger partial charge is 0.168 e. The summed E-state index contributed by atoms with van der Waals surface area (Å²) in [6.07, 6.45) is 2.76. The zero-order chi connectivity index (χ0) is 13.0. The number of ether oxygens (including phenoxy) is 3. The number of hydrogen-bond acceptors (Lipinski definition) is 4. The molecular formula is C13H15BrO4. The number of fused-ring (bicyclic) bond motifs is 1. The van der Waals surface area contributed by atoms with Crippen LogP contribution in [-0.4, -0.2) is 26.6 Å². The van der Waals surface area contributed by atoms with Crippen LogP contribution in [0.4, 0.5) is 0 Å². The second-order valence-electron chi connectivity index (χ2n) is 3.95. The molecule has 0 aliphatic carbocycles. The zero-order valence-corrected chi connectivity index (χ0v) is 11.8. The minimum absolute atomic E-state index is 0.433. The Balaban J connectivity index is 2.49. The molecule has 0 fully saturated rings. The van der Waals surface area contributed by atoms with Crippen LogP contribution >= 0.6 is 15.9 Å². The Bertz CT molecular complexity index is 445. The molecule has 0 unspecified atom stereocenters. The predicted molar refractivity (Wildman–Crippen MR) is 70.7 cm³/mol. The standard InChI is InChI=1S/C13H15BrO4/c1-16-12-9(4-2-5-15)13-11(8-10(12)14)17-6-3-7-18-13/h5,8H,2-4,6-7H2,1H3. The van der Waals surface area contributed by atoms with Crippen molar-refractivity contribution in [3.05, 3.63) is 16.1 Å². The molecule has 0 amide bonds. The molecule has 0 radical (unpaired) electrons. The second kappa shape index (κ2) is 6.09. The number of carbonyl (C=O) groups is 1. The molecule has 1 aliphatic heterocycles. The number of methoxy groups -OCH3 is 1. The third-order valence-corrected chi connectivity index (χ3v) is 3.34. The highest BCUT2D eigenvalue weighted by Gasteiger charge is 2.21. The van der Waals surface area contributed by atoms with Crippen LogP contribution in [0.1, 0.15) is 18.4 Å². The SMILES string of the molecule is COc1c(Br)cc2c(c1CCC=O)OCCCO2. The van der Waals surface area contributed by atoms with Crippen LogP contribution in [0.3, 0.4) is 0 Å². The normalized spacial score (nSPS) is 13.9. The highest BCUT2D eigenvalue weighted by atomic mass is 79.9. The van der Waals surface area contributed by atoms with Crippen molar-refractivity contribution in [2.24, 2.45) is 0 Å².